The normalized spacial score (nSPS) is 12.7. The van der Waals surface area contributed by atoms with Crippen LogP contribution >= 0.6 is 0 Å². The van der Waals surface area contributed by atoms with Crippen LogP contribution in [-0.4, -0.2) is 82.3 Å². The molecule has 0 fully saturated rings. The van der Waals surface area contributed by atoms with Gasteiger partial charge in [0, 0.05) is 12.8 Å². The van der Waals surface area contributed by atoms with E-state index in [0.717, 1.165) is 51.4 Å². The van der Waals surface area contributed by atoms with Gasteiger partial charge < -0.3 is 33.3 Å². The molecule has 0 radical (unpaired) electrons. The van der Waals surface area contributed by atoms with Crippen LogP contribution in [0.3, 0.4) is 0 Å². The number of ether oxygens (including phenoxy) is 4. The van der Waals surface area contributed by atoms with Crippen molar-refractivity contribution >= 4 is 17.9 Å². The number of carbonyl (C=O) groups is 3. The molecule has 0 spiro atoms. The van der Waals surface area contributed by atoms with Crippen molar-refractivity contribution in [3.05, 3.63) is 48.6 Å². The van der Waals surface area contributed by atoms with Gasteiger partial charge in [0.05, 0.1) is 40.3 Å². The molecule has 0 aromatic rings. The standard InChI is InChI=1S/C96H181NO8/c1-6-8-10-12-14-16-18-20-22-24-26-28-30-32-34-36-38-40-42-44-46-47-49-51-53-55-57-59-61-63-65-67-69-71-73-75-77-79-81-83-85-87-94(99)105-92(91-104-96(95(100)101)102-89-88-97(3,4)5)90-103-93(98)86-84-82-80-78-76-74-72-70-68-66-64-62-60-58-56-54-52-50-48-45-43-41-39-37-35-33-31-29-27-25-23-21-19-17-15-13-11-9-7-2/h18-21,24-27,92,96H,6-17,22-23,28-91H2,1-5H3/b20-18-,21-19-,26-24-,27-25-. The van der Waals surface area contributed by atoms with Crippen LogP contribution in [0.25, 0.3) is 0 Å². The van der Waals surface area contributed by atoms with Gasteiger partial charge in [0.2, 0.25) is 0 Å². The molecule has 0 saturated carbocycles. The zero-order chi connectivity index (χ0) is 76.0. The second-order valence-corrected chi connectivity index (χ2v) is 33.3. The van der Waals surface area contributed by atoms with Crippen molar-refractivity contribution in [1.82, 2.24) is 0 Å². The van der Waals surface area contributed by atoms with E-state index in [1.165, 1.54) is 411 Å². The molecule has 0 amide bonds. The average molecular weight is 1480 g/mol. The molecular weight excluding hydrogens is 1300 g/mol. The lowest BCUT2D eigenvalue weighted by atomic mass is 10.0. The Bertz CT molecular complexity index is 1870. The molecule has 9 heteroatoms. The highest BCUT2D eigenvalue weighted by Crippen LogP contribution is 2.21. The van der Waals surface area contributed by atoms with Gasteiger partial charge in [-0.15, -0.1) is 0 Å². The minimum absolute atomic E-state index is 0.152. The van der Waals surface area contributed by atoms with Gasteiger partial charge in [-0.3, -0.25) is 9.59 Å². The van der Waals surface area contributed by atoms with E-state index in [0.29, 0.717) is 17.4 Å². The second-order valence-electron chi connectivity index (χ2n) is 33.3. The van der Waals surface area contributed by atoms with Crippen molar-refractivity contribution in [2.24, 2.45) is 0 Å². The first-order chi connectivity index (χ1) is 51.6. The molecule has 0 aliphatic heterocycles. The zero-order valence-corrected chi connectivity index (χ0v) is 71.1. The lowest BCUT2D eigenvalue weighted by molar-refractivity contribution is -0.870. The number of quaternary nitrogens is 1. The molecule has 0 aromatic heterocycles. The van der Waals surface area contributed by atoms with Crippen LogP contribution in [0.4, 0.5) is 0 Å². The number of carboxylic acid groups (broad SMARTS) is 1. The molecule has 0 aromatic carbocycles. The number of unbranched alkanes of at least 4 members (excludes halogenated alkanes) is 66. The predicted molar refractivity (Wildman–Crippen MR) is 454 cm³/mol. The SMILES string of the molecule is CCCCCCC/C=C\C/C=C\CCCCCCCCCCCCCCCCCCCCCCCCCCCCCCCC(=O)OC(COC(=O)CCCCCCCCCCCCCCCCCCCCCCCCCCCCC/C=C\C/C=C\CCCCCCC)COC(OCC[N+](C)(C)C)C(=O)[O-]. The summed E-state index contributed by atoms with van der Waals surface area (Å²) < 4.78 is 22.9. The van der Waals surface area contributed by atoms with E-state index in [4.69, 9.17) is 18.9 Å². The van der Waals surface area contributed by atoms with Crippen LogP contribution in [0.15, 0.2) is 48.6 Å². The van der Waals surface area contributed by atoms with Crippen LogP contribution in [0.5, 0.6) is 0 Å². The number of hydrogen-bond acceptors (Lipinski definition) is 8. The van der Waals surface area contributed by atoms with Crippen molar-refractivity contribution in [3.63, 3.8) is 0 Å². The van der Waals surface area contributed by atoms with Gasteiger partial charge in [0.15, 0.2) is 12.4 Å². The Hall–Kier alpha value is -2.75. The lowest BCUT2D eigenvalue weighted by Crippen LogP contribution is -2.44. The molecule has 0 heterocycles. The molecular formula is C96H181NO8. The van der Waals surface area contributed by atoms with Gasteiger partial charge in [0.1, 0.15) is 13.2 Å². The third-order valence-corrected chi connectivity index (χ3v) is 21.5. The number of allylic oxidation sites excluding steroid dienone is 8. The van der Waals surface area contributed by atoms with Gasteiger partial charge in [-0.05, 0) is 77.0 Å². The summed E-state index contributed by atoms with van der Waals surface area (Å²) in [6.45, 7) is 4.82. The monoisotopic (exact) mass is 1480 g/mol. The zero-order valence-electron chi connectivity index (χ0n) is 71.1. The predicted octanol–water partition coefficient (Wildman–Crippen LogP) is 29.4. The third kappa shape index (κ3) is 88.3. The average Bonchev–Trinajstić information content (AvgIpc) is 1.18. The first kappa shape index (κ1) is 102. The van der Waals surface area contributed by atoms with Crippen molar-refractivity contribution in [3.8, 4) is 0 Å². The van der Waals surface area contributed by atoms with Crippen molar-refractivity contribution < 1.29 is 42.9 Å². The van der Waals surface area contributed by atoms with Gasteiger partial charge >= 0.3 is 11.9 Å². The fourth-order valence-electron chi connectivity index (χ4n) is 14.4. The number of esters is 2. The Kier molecular flexibility index (Phi) is 84.6. The maximum absolute atomic E-state index is 13.0. The number of hydrogen-bond donors (Lipinski definition) is 0. The summed E-state index contributed by atoms with van der Waals surface area (Å²) in [5.41, 5.74) is 0. The molecule has 0 N–H and O–H groups in total. The maximum atomic E-state index is 13.0. The Morgan fingerprint density at radius 2 is 0.514 bits per heavy atom. The van der Waals surface area contributed by atoms with Gasteiger partial charge in [0.25, 0.3) is 0 Å². The van der Waals surface area contributed by atoms with Crippen LogP contribution in [0.1, 0.15) is 489 Å². The van der Waals surface area contributed by atoms with Crippen molar-refractivity contribution in [2.45, 2.75) is 501 Å². The van der Waals surface area contributed by atoms with Crippen LogP contribution < -0.4 is 5.11 Å². The van der Waals surface area contributed by atoms with E-state index in [2.05, 4.69) is 62.5 Å². The largest absolute Gasteiger partial charge is 0.545 e. The molecule has 2 atom stereocenters. The summed E-state index contributed by atoms with van der Waals surface area (Å²) in [7, 11) is 5.96. The van der Waals surface area contributed by atoms with E-state index >= 15 is 0 Å². The molecule has 0 bridgehead atoms. The maximum Gasteiger partial charge on any atom is 0.306 e. The molecule has 0 rings (SSSR count). The minimum atomic E-state index is -1.62. The number of rotatable bonds is 89. The van der Waals surface area contributed by atoms with E-state index < -0.39 is 24.3 Å². The molecule has 105 heavy (non-hydrogen) atoms. The Balaban J connectivity index is 3.87. The topological polar surface area (TPSA) is 111 Å². The van der Waals surface area contributed by atoms with Crippen molar-refractivity contribution in [2.75, 3.05) is 47.5 Å². The molecule has 618 valence electrons. The number of aliphatic carboxylic acids is 1. The van der Waals surface area contributed by atoms with Crippen LogP contribution in [0.2, 0.25) is 0 Å². The Morgan fingerprint density at radius 1 is 0.286 bits per heavy atom. The lowest BCUT2D eigenvalue weighted by Gasteiger charge is -2.26. The minimum Gasteiger partial charge on any atom is -0.545 e. The molecule has 9 nitrogen and oxygen atoms in total. The molecule has 2 unspecified atom stereocenters. The first-order valence-electron chi connectivity index (χ1n) is 46.8. The summed E-state index contributed by atoms with van der Waals surface area (Å²) in [4.78, 5) is 37.7. The fraction of sp³-hybridized carbons (Fsp3) is 0.885. The fourth-order valence-corrected chi connectivity index (χ4v) is 14.4. The summed E-state index contributed by atoms with van der Waals surface area (Å²) >= 11 is 0. The van der Waals surface area contributed by atoms with Gasteiger partial charge in [-0.2, -0.15) is 0 Å². The quantitative estimate of drug-likeness (QED) is 0.0195. The Labute approximate surface area is 654 Å². The number of carboxylic acids is 1. The molecule has 0 saturated heterocycles. The molecule has 0 aliphatic rings. The Morgan fingerprint density at radius 3 is 0.752 bits per heavy atom. The molecule has 0 aliphatic carbocycles. The highest BCUT2D eigenvalue weighted by molar-refractivity contribution is 5.70. The summed E-state index contributed by atoms with van der Waals surface area (Å²) in [5, 5.41) is 11.9. The number of carbonyl (C=O) groups excluding carboxylic acids is 3. The second kappa shape index (κ2) is 86.8. The first-order valence-corrected chi connectivity index (χ1v) is 46.8. The van der Waals surface area contributed by atoms with E-state index in [1.807, 2.05) is 21.1 Å². The summed E-state index contributed by atoms with van der Waals surface area (Å²) in [6, 6.07) is 0. The highest BCUT2D eigenvalue weighted by Gasteiger charge is 2.22. The smallest absolute Gasteiger partial charge is 0.306 e. The van der Waals surface area contributed by atoms with E-state index in [1.54, 1.807) is 0 Å². The number of likely N-dealkylation sites (N-methyl/N-ethyl adjacent to an activating group) is 1. The van der Waals surface area contributed by atoms with E-state index in [9.17, 15) is 19.5 Å². The summed E-state index contributed by atoms with van der Waals surface area (Å²) in [5.74, 6) is -2.24. The van der Waals surface area contributed by atoms with E-state index in [-0.39, 0.29) is 32.2 Å². The third-order valence-electron chi connectivity index (χ3n) is 21.5. The van der Waals surface area contributed by atoms with Crippen molar-refractivity contribution in [1.29, 1.82) is 0 Å². The van der Waals surface area contributed by atoms with Gasteiger partial charge in [-0.1, -0.05) is 448 Å². The highest BCUT2D eigenvalue weighted by atomic mass is 16.7. The number of nitrogens with zero attached hydrogens (tertiary/aromatic N) is 1. The van der Waals surface area contributed by atoms with Crippen LogP contribution in [-0.2, 0) is 33.3 Å². The van der Waals surface area contributed by atoms with Gasteiger partial charge in [-0.25, -0.2) is 0 Å². The summed E-state index contributed by atoms with van der Waals surface area (Å²) in [6.07, 6.45) is 113. The van der Waals surface area contributed by atoms with Crippen LogP contribution in [0, 0.1) is 0 Å².